The topological polar surface area (TPSA) is 80.8 Å². The molecule has 1 saturated heterocycles. The number of carbonyl (C=O) groups excluding carboxylic acids is 2. The first-order chi connectivity index (χ1) is 15.0. The first-order valence-corrected chi connectivity index (χ1v) is 12.6. The summed E-state index contributed by atoms with van der Waals surface area (Å²) >= 11 is 0. The smallest absolute Gasteiger partial charge is 0.308 e. The highest BCUT2D eigenvalue weighted by atomic mass is 32.2. The van der Waals surface area contributed by atoms with Gasteiger partial charge in [0.25, 0.3) is 0 Å². The quantitative estimate of drug-likeness (QED) is 0.508. The first kappa shape index (κ1) is 24.1. The van der Waals surface area contributed by atoms with Crippen molar-refractivity contribution in [3.8, 4) is 11.8 Å². The molecule has 0 aromatic heterocycles. The highest BCUT2D eigenvalue weighted by Gasteiger charge is 2.44. The Morgan fingerprint density at radius 2 is 1.75 bits per heavy atom. The Kier molecular flexibility index (Phi) is 6.85. The molecule has 1 aromatic rings. The van der Waals surface area contributed by atoms with Crippen molar-refractivity contribution in [1.82, 2.24) is 4.90 Å². The summed E-state index contributed by atoms with van der Waals surface area (Å²) in [5.74, 6) is 5.90. The Morgan fingerprint density at radius 3 is 2.25 bits per heavy atom. The van der Waals surface area contributed by atoms with Crippen LogP contribution in [0.15, 0.2) is 17.9 Å². The van der Waals surface area contributed by atoms with Crippen molar-refractivity contribution < 1.29 is 22.2 Å². The van der Waals surface area contributed by atoms with Crippen molar-refractivity contribution in [2.75, 3.05) is 18.8 Å². The number of hydrogen-bond acceptors (Lipinski definition) is 5. The van der Waals surface area contributed by atoms with E-state index in [9.17, 15) is 18.0 Å². The van der Waals surface area contributed by atoms with Gasteiger partial charge in [0.1, 0.15) is 5.76 Å². The SMILES string of the molecule is CC#Cc1cc(C)c(C2=C(OS(=O)(=O)CC)CC3(CCN(C(C)=O)CC3)CC2=O)c(C)c1. The average molecular weight is 458 g/mol. The van der Waals surface area contributed by atoms with E-state index in [0.717, 1.165) is 22.3 Å². The van der Waals surface area contributed by atoms with Crippen molar-refractivity contribution in [1.29, 1.82) is 0 Å². The molecule has 0 N–H and O–H groups in total. The molecule has 7 heteroatoms. The fourth-order valence-corrected chi connectivity index (χ4v) is 5.43. The molecule has 1 aliphatic carbocycles. The second-order valence-electron chi connectivity index (χ2n) is 8.87. The number of benzene rings is 1. The van der Waals surface area contributed by atoms with Crippen LogP contribution >= 0.6 is 0 Å². The van der Waals surface area contributed by atoms with Crippen LogP contribution in [0.1, 0.15) is 68.7 Å². The van der Waals surface area contributed by atoms with Crippen molar-refractivity contribution in [2.45, 2.75) is 60.3 Å². The maximum Gasteiger partial charge on any atom is 0.308 e. The minimum atomic E-state index is -3.80. The summed E-state index contributed by atoms with van der Waals surface area (Å²) in [6.45, 7) is 9.78. The second kappa shape index (κ2) is 9.11. The summed E-state index contributed by atoms with van der Waals surface area (Å²) in [6, 6.07) is 3.83. The molecule has 1 fully saturated rings. The number of nitrogens with zero attached hydrogens (tertiary/aromatic N) is 1. The van der Waals surface area contributed by atoms with E-state index >= 15 is 0 Å². The summed E-state index contributed by atoms with van der Waals surface area (Å²) in [6.07, 6.45) is 1.98. The molecular formula is C25H31NO5S. The van der Waals surface area contributed by atoms with E-state index in [2.05, 4.69) is 11.8 Å². The van der Waals surface area contributed by atoms with Crippen molar-refractivity contribution in [2.24, 2.45) is 5.41 Å². The van der Waals surface area contributed by atoms with E-state index in [1.54, 1.807) is 18.7 Å². The van der Waals surface area contributed by atoms with Crippen LogP contribution in [-0.4, -0.2) is 43.9 Å². The molecule has 1 heterocycles. The minimum absolute atomic E-state index is 0.0183. The number of likely N-dealkylation sites (tertiary alicyclic amines) is 1. The van der Waals surface area contributed by atoms with Crippen LogP contribution in [0.25, 0.3) is 5.57 Å². The van der Waals surface area contributed by atoms with Gasteiger partial charge in [0.05, 0.1) is 11.3 Å². The third-order valence-electron chi connectivity index (χ3n) is 6.53. The number of hydrogen-bond donors (Lipinski definition) is 0. The van der Waals surface area contributed by atoms with Crippen molar-refractivity contribution in [3.63, 3.8) is 0 Å². The fraction of sp³-hybridized carbons (Fsp3) is 0.520. The number of ketones is 1. The predicted molar refractivity (Wildman–Crippen MR) is 124 cm³/mol. The maximum atomic E-state index is 13.5. The van der Waals surface area contributed by atoms with Crippen LogP contribution in [-0.2, 0) is 23.9 Å². The Hall–Kier alpha value is -2.59. The number of piperidine rings is 1. The molecule has 0 bridgehead atoms. The van der Waals surface area contributed by atoms with Gasteiger partial charge in [0.2, 0.25) is 5.91 Å². The van der Waals surface area contributed by atoms with Gasteiger partial charge in [-0.05, 0) is 74.8 Å². The summed E-state index contributed by atoms with van der Waals surface area (Å²) in [4.78, 5) is 27.1. The third-order valence-corrected chi connectivity index (χ3v) is 7.69. The second-order valence-corrected chi connectivity index (χ2v) is 10.7. The van der Waals surface area contributed by atoms with Crippen LogP contribution < -0.4 is 0 Å². The lowest BCUT2D eigenvalue weighted by atomic mass is 9.66. The molecule has 32 heavy (non-hydrogen) atoms. The molecule has 1 spiro atoms. The normalized spacial score (nSPS) is 18.4. The Bertz CT molecular complexity index is 1120. The molecule has 0 unspecified atom stereocenters. The van der Waals surface area contributed by atoms with E-state index in [4.69, 9.17) is 4.18 Å². The molecule has 172 valence electrons. The van der Waals surface area contributed by atoms with E-state index in [-0.39, 0.29) is 28.6 Å². The molecule has 1 amide bonds. The van der Waals surface area contributed by atoms with Gasteiger partial charge in [-0.2, -0.15) is 8.42 Å². The monoisotopic (exact) mass is 457 g/mol. The zero-order chi connectivity index (χ0) is 23.7. The van der Waals surface area contributed by atoms with Gasteiger partial charge in [0.15, 0.2) is 5.78 Å². The van der Waals surface area contributed by atoms with Gasteiger partial charge in [0, 0.05) is 38.4 Å². The molecule has 0 radical (unpaired) electrons. The third kappa shape index (κ3) is 4.91. The lowest BCUT2D eigenvalue weighted by Gasteiger charge is -2.44. The number of aryl methyl sites for hydroxylation is 2. The van der Waals surface area contributed by atoms with Gasteiger partial charge < -0.3 is 9.08 Å². The van der Waals surface area contributed by atoms with Crippen molar-refractivity contribution in [3.05, 3.63) is 40.1 Å². The van der Waals surface area contributed by atoms with Crippen LogP contribution in [0.5, 0.6) is 0 Å². The van der Waals surface area contributed by atoms with Gasteiger partial charge in [-0.1, -0.05) is 5.92 Å². The largest absolute Gasteiger partial charge is 0.386 e. The maximum absolute atomic E-state index is 13.5. The Morgan fingerprint density at radius 1 is 1.16 bits per heavy atom. The number of amides is 1. The Labute approximate surface area is 191 Å². The number of carbonyl (C=O) groups is 2. The summed E-state index contributed by atoms with van der Waals surface area (Å²) in [5, 5.41) is 0. The van der Waals surface area contributed by atoms with E-state index in [1.807, 2.05) is 26.0 Å². The average Bonchev–Trinajstić information content (AvgIpc) is 2.70. The molecular weight excluding hydrogens is 426 g/mol. The first-order valence-electron chi connectivity index (χ1n) is 11.0. The standard InChI is InChI=1S/C25H31NO5S/c1-6-8-20-13-17(3)23(18(4)14-20)24-21(28)15-25(9-11-26(12-10-25)19(5)27)16-22(24)31-32(29,30)7-2/h13-14H,7,9-12,15-16H2,1-5H3. The molecule has 6 nitrogen and oxygen atoms in total. The number of rotatable bonds is 4. The molecule has 1 aromatic carbocycles. The fourth-order valence-electron chi connectivity index (χ4n) is 4.86. The van der Waals surface area contributed by atoms with Crippen LogP contribution in [0.3, 0.4) is 0 Å². The minimum Gasteiger partial charge on any atom is -0.386 e. The van der Waals surface area contributed by atoms with Gasteiger partial charge in [-0.25, -0.2) is 0 Å². The van der Waals surface area contributed by atoms with Crippen LogP contribution in [0.2, 0.25) is 0 Å². The predicted octanol–water partition coefficient (Wildman–Crippen LogP) is 3.74. The highest BCUT2D eigenvalue weighted by molar-refractivity contribution is 7.86. The lowest BCUT2D eigenvalue weighted by molar-refractivity contribution is -0.131. The zero-order valence-electron chi connectivity index (χ0n) is 19.5. The molecule has 2 aliphatic rings. The molecule has 0 saturated carbocycles. The number of Topliss-reactive ketones (excluding diaryl/α,β-unsaturated/α-hetero) is 1. The van der Waals surface area contributed by atoms with Gasteiger partial charge in [-0.3, -0.25) is 9.59 Å². The van der Waals surface area contributed by atoms with Crippen LogP contribution in [0.4, 0.5) is 0 Å². The molecule has 0 atom stereocenters. The number of allylic oxidation sites excluding steroid dienone is 2. The van der Waals surface area contributed by atoms with E-state index in [1.165, 1.54) is 6.92 Å². The van der Waals surface area contributed by atoms with E-state index < -0.39 is 10.1 Å². The Balaban J connectivity index is 2.11. The van der Waals surface area contributed by atoms with Gasteiger partial charge in [-0.15, -0.1) is 5.92 Å². The van der Waals surface area contributed by atoms with Crippen molar-refractivity contribution >= 4 is 27.4 Å². The summed E-state index contributed by atoms with van der Waals surface area (Å²) < 4.78 is 30.4. The zero-order valence-corrected chi connectivity index (χ0v) is 20.3. The summed E-state index contributed by atoms with van der Waals surface area (Å²) in [5.41, 5.74) is 3.29. The highest BCUT2D eigenvalue weighted by Crippen LogP contribution is 2.49. The lowest BCUT2D eigenvalue weighted by Crippen LogP contribution is -2.45. The summed E-state index contributed by atoms with van der Waals surface area (Å²) in [7, 11) is -3.80. The van der Waals surface area contributed by atoms with Gasteiger partial charge >= 0.3 is 10.1 Å². The molecule has 3 rings (SSSR count). The van der Waals surface area contributed by atoms with E-state index in [0.29, 0.717) is 44.3 Å². The molecule has 1 aliphatic heterocycles. The van der Waals surface area contributed by atoms with Crippen LogP contribution in [0, 0.1) is 31.1 Å².